The van der Waals surface area contributed by atoms with Gasteiger partial charge >= 0.3 is 0 Å². The molecule has 3 heterocycles. The van der Waals surface area contributed by atoms with Crippen LogP contribution in [0.2, 0.25) is 0 Å². The second-order valence-electron chi connectivity index (χ2n) is 14.2. The summed E-state index contributed by atoms with van der Waals surface area (Å²) in [6, 6.07) is 60.3. The molecule has 0 bridgehead atoms. The predicted molar refractivity (Wildman–Crippen MR) is 215 cm³/mol. The Balaban J connectivity index is 0.991. The van der Waals surface area contributed by atoms with Crippen molar-refractivity contribution < 1.29 is 0 Å². The van der Waals surface area contributed by atoms with E-state index in [4.69, 9.17) is 0 Å². The number of rotatable bonds is 6. The van der Waals surface area contributed by atoms with Gasteiger partial charge in [-0.3, -0.25) is 10.2 Å². The third-order valence-electron chi connectivity index (χ3n) is 11.5. The number of para-hydroxylation sites is 3. The van der Waals surface area contributed by atoms with Crippen molar-refractivity contribution in [3.8, 4) is 16.8 Å². The van der Waals surface area contributed by atoms with Gasteiger partial charge in [0.25, 0.3) is 0 Å². The fourth-order valence-corrected chi connectivity index (χ4v) is 9.18. The fraction of sp³-hybridized carbons (Fsp3) is 0.0833. The maximum atomic E-state index is 4.03. The molecule has 248 valence electrons. The molecule has 4 nitrogen and oxygen atoms in total. The topological polar surface area (TPSA) is 32.0 Å². The zero-order valence-corrected chi connectivity index (χ0v) is 28.5. The van der Waals surface area contributed by atoms with Gasteiger partial charge in [-0.05, 0) is 76.0 Å². The van der Waals surface area contributed by atoms with E-state index >= 15 is 0 Å². The molecule has 0 saturated carbocycles. The van der Waals surface area contributed by atoms with Gasteiger partial charge in [-0.2, -0.15) is 0 Å². The molecule has 11 rings (SSSR count). The lowest BCUT2D eigenvalue weighted by Gasteiger charge is -2.26. The van der Waals surface area contributed by atoms with E-state index < -0.39 is 0 Å². The number of piperazine rings is 1. The molecular formula is C48H36N4. The molecule has 4 heteroatoms. The van der Waals surface area contributed by atoms with E-state index in [0.717, 1.165) is 17.1 Å². The van der Waals surface area contributed by atoms with Gasteiger partial charge in [0.2, 0.25) is 0 Å². The van der Waals surface area contributed by atoms with Gasteiger partial charge in [0, 0.05) is 33.4 Å². The molecule has 2 aliphatic heterocycles. The average Bonchev–Trinajstić information content (AvgIpc) is 3.54. The van der Waals surface area contributed by atoms with Crippen LogP contribution in [0.1, 0.15) is 23.2 Å². The Bertz CT molecular complexity index is 2710. The second kappa shape index (κ2) is 11.4. The SMILES string of the molecule is C1=CC2N3[C@H](c4ccccc4)C(c4ccc(Nc5ccccc5-c5cc6c(c7ccccc57)c5ccccc5n6-c5ccccc5)cc4)NC23C=C1. The number of hydrogen-bond acceptors (Lipinski definition) is 3. The van der Waals surface area contributed by atoms with Crippen molar-refractivity contribution in [2.24, 2.45) is 0 Å². The quantitative estimate of drug-likeness (QED) is 0.173. The molecule has 0 radical (unpaired) electrons. The van der Waals surface area contributed by atoms with Gasteiger partial charge in [-0.1, -0.05) is 140 Å². The number of fused-ring (bicyclic) bond motifs is 6. The summed E-state index contributed by atoms with van der Waals surface area (Å²) in [5.74, 6) is 0. The number of hydrogen-bond donors (Lipinski definition) is 2. The van der Waals surface area contributed by atoms with Gasteiger partial charge in [-0.25, -0.2) is 0 Å². The minimum absolute atomic E-state index is 0.0914. The van der Waals surface area contributed by atoms with E-state index in [1.165, 1.54) is 54.8 Å². The largest absolute Gasteiger partial charge is 0.355 e. The molecule has 4 unspecified atom stereocenters. The van der Waals surface area contributed by atoms with Gasteiger partial charge < -0.3 is 9.88 Å². The molecule has 2 fully saturated rings. The Morgan fingerprint density at radius 1 is 0.558 bits per heavy atom. The molecule has 3 aliphatic rings. The zero-order valence-electron chi connectivity index (χ0n) is 28.5. The van der Waals surface area contributed by atoms with E-state index in [0.29, 0.717) is 6.04 Å². The summed E-state index contributed by atoms with van der Waals surface area (Å²) in [6.45, 7) is 0. The van der Waals surface area contributed by atoms with Crippen molar-refractivity contribution in [1.29, 1.82) is 0 Å². The summed E-state index contributed by atoms with van der Waals surface area (Å²) in [4.78, 5) is 2.62. The number of nitrogens with one attached hydrogen (secondary N) is 2. The van der Waals surface area contributed by atoms with Crippen molar-refractivity contribution in [1.82, 2.24) is 14.8 Å². The summed E-state index contributed by atoms with van der Waals surface area (Å²) in [5.41, 5.74) is 10.7. The van der Waals surface area contributed by atoms with E-state index in [9.17, 15) is 0 Å². The maximum Gasteiger partial charge on any atom is 0.112 e. The molecule has 1 aromatic heterocycles. The van der Waals surface area contributed by atoms with Gasteiger partial charge in [0.1, 0.15) is 5.66 Å². The minimum atomic E-state index is -0.0914. The van der Waals surface area contributed by atoms with E-state index in [2.05, 4.69) is 208 Å². The Kier molecular flexibility index (Phi) is 6.48. The van der Waals surface area contributed by atoms with Crippen LogP contribution in [-0.4, -0.2) is 21.2 Å². The van der Waals surface area contributed by atoms with Gasteiger partial charge in [-0.15, -0.1) is 0 Å². The fourth-order valence-electron chi connectivity index (χ4n) is 9.18. The zero-order chi connectivity index (χ0) is 34.2. The lowest BCUT2D eigenvalue weighted by molar-refractivity contribution is 0.375. The number of allylic oxidation sites excluding steroid dienone is 2. The number of benzene rings is 7. The third-order valence-corrected chi connectivity index (χ3v) is 11.5. The van der Waals surface area contributed by atoms with Crippen LogP contribution in [-0.2, 0) is 0 Å². The Labute approximate surface area is 303 Å². The molecule has 5 atom stereocenters. The summed E-state index contributed by atoms with van der Waals surface area (Å²) >= 11 is 0. The predicted octanol–water partition coefficient (Wildman–Crippen LogP) is 11.2. The molecule has 2 N–H and O–H groups in total. The second-order valence-corrected chi connectivity index (χ2v) is 14.2. The third kappa shape index (κ3) is 4.35. The maximum absolute atomic E-state index is 4.03. The molecule has 1 spiro atoms. The van der Waals surface area contributed by atoms with Crippen LogP contribution in [0.15, 0.2) is 188 Å². The summed E-state index contributed by atoms with van der Waals surface area (Å²) in [6.07, 6.45) is 9.02. The highest BCUT2D eigenvalue weighted by Crippen LogP contribution is 2.59. The van der Waals surface area contributed by atoms with Crippen molar-refractivity contribution in [2.75, 3.05) is 5.32 Å². The molecule has 7 aromatic carbocycles. The van der Waals surface area contributed by atoms with Crippen LogP contribution in [0.4, 0.5) is 11.4 Å². The van der Waals surface area contributed by atoms with Gasteiger partial charge in [0.05, 0.1) is 29.2 Å². The van der Waals surface area contributed by atoms with Crippen molar-refractivity contribution >= 4 is 44.0 Å². The first kappa shape index (κ1) is 29.5. The minimum Gasteiger partial charge on any atom is -0.355 e. The average molecular weight is 669 g/mol. The number of nitrogens with zero attached hydrogens (tertiary/aromatic N) is 2. The molecular weight excluding hydrogens is 633 g/mol. The molecule has 2 saturated heterocycles. The van der Waals surface area contributed by atoms with Crippen LogP contribution in [0.25, 0.3) is 49.4 Å². The number of anilines is 2. The van der Waals surface area contributed by atoms with Crippen molar-refractivity contribution in [3.05, 3.63) is 199 Å². The van der Waals surface area contributed by atoms with Crippen LogP contribution in [0.3, 0.4) is 0 Å². The highest BCUT2D eigenvalue weighted by Gasteiger charge is 2.70. The highest BCUT2D eigenvalue weighted by atomic mass is 15.6. The van der Waals surface area contributed by atoms with Crippen LogP contribution in [0, 0.1) is 0 Å². The Morgan fingerprint density at radius 2 is 1.25 bits per heavy atom. The smallest absolute Gasteiger partial charge is 0.112 e. The monoisotopic (exact) mass is 668 g/mol. The first-order chi connectivity index (χ1) is 25.8. The van der Waals surface area contributed by atoms with Gasteiger partial charge in [0.15, 0.2) is 0 Å². The van der Waals surface area contributed by atoms with Crippen molar-refractivity contribution in [3.63, 3.8) is 0 Å². The van der Waals surface area contributed by atoms with Crippen molar-refractivity contribution in [2.45, 2.75) is 23.8 Å². The molecule has 1 aliphatic carbocycles. The Morgan fingerprint density at radius 3 is 2.08 bits per heavy atom. The standard InChI is InChI=1S/C48H36N4/c1-3-15-33(16-4-1)47-46(50-48-30-14-13-25-44(48)52(47)48)32-26-28-34(29-27-32)49-41-23-11-9-20-37(41)40-31-43-45(38-21-8-7-19-36(38)40)39-22-10-12-24-42(39)51(43)35-17-5-2-6-18-35/h1-31,44,46-47,49-50H/t44?,46?,47-,48?,52?/m1/s1. The van der Waals surface area contributed by atoms with E-state index in [-0.39, 0.29) is 17.7 Å². The van der Waals surface area contributed by atoms with Crippen LogP contribution in [0.5, 0.6) is 0 Å². The normalized spacial score (nSPS) is 22.8. The summed E-state index contributed by atoms with van der Waals surface area (Å²) in [7, 11) is 0. The first-order valence-electron chi connectivity index (χ1n) is 18.2. The lowest BCUT2D eigenvalue weighted by Crippen LogP contribution is -2.34. The first-order valence-corrected chi connectivity index (χ1v) is 18.2. The summed E-state index contributed by atoms with van der Waals surface area (Å²) < 4.78 is 2.41. The Hall–Kier alpha value is -6.20. The van der Waals surface area contributed by atoms with Crippen LogP contribution >= 0.6 is 0 Å². The number of aromatic nitrogens is 1. The molecule has 52 heavy (non-hydrogen) atoms. The van der Waals surface area contributed by atoms with E-state index in [1.807, 2.05) is 0 Å². The molecule has 8 aromatic rings. The van der Waals surface area contributed by atoms with E-state index in [1.54, 1.807) is 0 Å². The highest BCUT2D eigenvalue weighted by molar-refractivity contribution is 6.24. The summed E-state index contributed by atoms with van der Waals surface area (Å²) in [5, 5.41) is 12.9. The molecule has 0 amide bonds. The lowest BCUT2D eigenvalue weighted by atomic mass is 9.92. The van der Waals surface area contributed by atoms with Crippen LogP contribution < -0.4 is 10.6 Å².